The smallest absolute Gasteiger partial charge is 0.262 e. The Morgan fingerprint density at radius 1 is 1.22 bits per heavy atom. The number of halogens is 1. The van der Waals surface area contributed by atoms with E-state index in [9.17, 15) is 14.0 Å². The van der Waals surface area contributed by atoms with Crippen molar-refractivity contribution in [1.82, 2.24) is 10.2 Å². The molecule has 0 radical (unpaired) electrons. The predicted octanol–water partition coefficient (Wildman–Crippen LogP) is 5.79. The maximum atomic E-state index is 13.6. The first kappa shape index (κ1) is 30.7. The largest absolute Gasteiger partial charge is 0.482 e. The molecule has 0 aromatic heterocycles. The van der Waals surface area contributed by atoms with E-state index < -0.39 is 0 Å². The van der Waals surface area contributed by atoms with E-state index in [1.165, 1.54) is 25.3 Å². The summed E-state index contributed by atoms with van der Waals surface area (Å²) in [5.74, 6) is 0.128. The van der Waals surface area contributed by atoms with Crippen LogP contribution in [0.1, 0.15) is 60.3 Å². The Balaban J connectivity index is 0.00000118. The molecule has 0 aliphatic carbocycles. The third-order valence-corrected chi connectivity index (χ3v) is 5.33. The number of carbonyl (C=O) groups excluding carboxylic acids is 2. The summed E-state index contributed by atoms with van der Waals surface area (Å²) < 4.78 is 19.0. The molecular formula is C28H43FN4O3. The van der Waals surface area contributed by atoms with Crippen molar-refractivity contribution >= 4 is 23.2 Å². The lowest BCUT2D eigenvalue weighted by atomic mass is 10.2. The second-order valence-corrected chi connectivity index (χ2v) is 8.25. The van der Waals surface area contributed by atoms with E-state index in [-0.39, 0.29) is 30.8 Å². The van der Waals surface area contributed by atoms with Gasteiger partial charge in [0.05, 0.1) is 12.2 Å². The summed E-state index contributed by atoms with van der Waals surface area (Å²) >= 11 is 0. The van der Waals surface area contributed by atoms with E-state index >= 15 is 0 Å². The third kappa shape index (κ3) is 11.9. The van der Waals surface area contributed by atoms with Crippen LogP contribution in [0.5, 0.6) is 5.75 Å². The Bertz CT molecular complexity index is 910. The molecular weight excluding hydrogens is 459 g/mol. The van der Waals surface area contributed by atoms with Gasteiger partial charge in [-0.1, -0.05) is 52.2 Å². The fraction of sp³-hybridized carbons (Fsp3) is 0.500. The second kappa shape index (κ2) is 18.0. The number of ether oxygens (including phenoxy) is 1. The predicted molar refractivity (Wildman–Crippen MR) is 147 cm³/mol. The highest BCUT2D eigenvalue weighted by Crippen LogP contribution is 2.30. The van der Waals surface area contributed by atoms with Crippen molar-refractivity contribution in [3.63, 3.8) is 0 Å². The van der Waals surface area contributed by atoms with Crippen LogP contribution in [-0.4, -0.2) is 49.5 Å². The van der Waals surface area contributed by atoms with Crippen LogP contribution in [-0.2, 0) is 9.59 Å². The summed E-state index contributed by atoms with van der Waals surface area (Å²) in [5.41, 5.74) is 2.01. The van der Waals surface area contributed by atoms with Gasteiger partial charge in [-0.3, -0.25) is 9.59 Å². The molecule has 36 heavy (non-hydrogen) atoms. The van der Waals surface area contributed by atoms with Gasteiger partial charge < -0.3 is 25.6 Å². The molecule has 1 aliphatic rings. The van der Waals surface area contributed by atoms with Crippen LogP contribution >= 0.6 is 0 Å². The Labute approximate surface area is 215 Å². The first-order chi connectivity index (χ1) is 17.4. The summed E-state index contributed by atoms with van der Waals surface area (Å²) in [6.07, 6.45) is 11.4. The second-order valence-electron chi connectivity index (χ2n) is 8.25. The molecule has 7 nitrogen and oxygen atoms in total. The number of likely N-dealkylation sites (N-methyl/N-ethyl adjacent to an activating group) is 1. The number of nitrogens with one attached hydrogen (secondary N) is 3. The van der Waals surface area contributed by atoms with Crippen molar-refractivity contribution in [2.75, 3.05) is 43.4 Å². The lowest BCUT2D eigenvalue weighted by Gasteiger charge is -2.22. The van der Waals surface area contributed by atoms with Crippen LogP contribution in [0.25, 0.3) is 0 Å². The molecule has 0 bridgehead atoms. The van der Waals surface area contributed by atoms with Crippen LogP contribution in [0.15, 0.2) is 54.0 Å². The zero-order valence-corrected chi connectivity index (χ0v) is 22.5. The zero-order chi connectivity index (χ0) is 26.8. The lowest BCUT2D eigenvalue weighted by molar-refractivity contribution is -0.129. The molecule has 0 fully saturated rings. The average Bonchev–Trinajstić information content (AvgIpc) is 2.88. The molecule has 200 valence electrons. The molecule has 0 saturated carbocycles. The highest BCUT2D eigenvalue weighted by molar-refractivity contribution is 5.95. The molecule has 1 heterocycles. The van der Waals surface area contributed by atoms with Crippen LogP contribution in [0.4, 0.5) is 15.8 Å². The van der Waals surface area contributed by atoms with Crippen molar-refractivity contribution in [3.8, 4) is 5.75 Å². The normalized spacial score (nSPS) is 13.2. The van der Waals surface area contributed by atoms with Crippen molar-refractivity contribution in [1.29, 1.82) is 0 Å². The fourth-order valence-electron chi connectivity index (χ4n) is 3.25. The van der Waals surface area contributed by atoms with Crippen LogP contribution in [0, 0.1) is 0 Å². The fourth-order valence-corrected chi connectivity index (χ4v) is 3.25. The van der Waals surface area contributed by atoms with Gasteiger partial charge in [-0.2, -0.15) is 0 Å². The molecule has 0 unspecified atom stereocenters. The van der Waals surface area contributed by atoms with Crippen molar-refractivity contribution in [2.24, 2.45) is 0 Å². The van der Waals surface area contributed by atoms with Gasteiger partial charge in [0, 0.05) is 37.1 Å². The van der Waals surface area contributed by atoms with Crippen molar-refractivity contribution in [3.05, 3.63) is 54.0 Å². The Kier molecular flexibility index (Phi) is 15.4. The van der Waals surface area contributed by atoms with E-state index in [0.29, 0.717) is 43.2 Å². The molecule has 1 aromatic rings. The Morgan fingerprint density at radius 3 is 2.58 bits per heavy atom. The number of fused-ring (bicyclic) bond motifs is 1. The van der Waals surface area contributed by atoms with Gasteiger partial charge in [0.25, 0.3) is 5.91 Å². The summed E-state index contributed by atoms with van der Waals surface area (Å²) in [6.45, 7) is 11.7. The highest BCUT2D eigenvalue weighted by atomic mass is 19.1. The number of anilines is 2. The zero-order valence-electron chi connectivity index (χ0n) is 22.5. The van der Waals surface area contributed by atoms with Gasteiger partial charge in [-0.15, -0.1) is 0 Å². The minimum atomic E-state index is -0.204. The molecule has 0 saturated heterocycles. The standard InChI is InChI=1S/C23H31FN4O3.C5H12/c1-4-7-8-18(13-17(24)5-2)25-11-12-28(6-3)23(30)15-26-19-9-10-20-21(14-19)31-16-22(29)27-20;1-3-5-4-2/h4,7-10,13-14,25-26H,5-6,11-12,15-16H2,1-3H3,(H,27,29);3-5H2,1-2H3/b7-4+,17-13+,18-8+;. The minimum absolute atomic E-state index is 0.0200. The van der Waals surface area contributed by atoms with E-state index in [2.05, 4.69) is 29.8 Å². The maximum absolute atomic E-state index is 13.6. The van der Waals surface area contributed by atoms with Gasteiger partial charge in [0.1, 0.15) is 11.6 Å². The lowest BCUT2D eigenvalue weighted by Crippen LogP contribution is -2.39. The van der Waals surface area contributed by atoms with E-state index in [1.807, 2.05) is 26.0 Å². The first-order valence-electron chi connectivity index (χ1n) is 12.9. The molecule has 2 rings (SSSR count). The topological polar surface area (TPSA) is 82.7 Å². The van der Waals surface area contributed by atoms with Crippen LogP contribution in [0.3, 0.4) is 0 Å². The van der Waals surface area contributed by atoms with E-state index in [4.69, 9.17) is 4.74 Å². The molecule has 0 spiro atoms. The summed E-state index contributed by atoms with van der Waals surface area (Å²) in [4.78, 5) is 25.7. The van der Waals surface area contributed by atoms with Crippen molar-refractivity contribution < 1.29 is 18.7 Å². The molecule has 0 atom stereocenters. The SMILES string of the molecule is C/C=C/C=C(\C=C(\F)CC)NCCN(CC)C(=O)CNc1ccc2c(c1)OCC(=O)N2.CCCCC. The number of hydrogen-bond donors (Lipinski definition) is 3. The Morgan fingerprint density at radius 2 is 1.97 bits per heavy atom. The number of unbranched alkanes of at least 4 members (excludes halogenated alkanes) is 2. The summed E-state index contributed by atoms with van der Waals surface area (Å²) in [5, 5.41) is 9.01. The molecule has 8 heteroatoms. The number of benzene rings is 1. The average molecular weight is 503 g/mol. The van der Waals surface area contributed by atoms with Gasteiger partial charge in [-0.05, 0) is 44.6 Å². The van der Waals surface area contributed by atoms with Gasteiger partial charge >= 0.3 is 0 Å². The Hall–Kier alpha value is -3.29. The quantitative estimate of drug-likeness (QED) is 0.298. The maximum Gasteiger partial charge on any atom is 0.262 e. The van der Waals surface area contributed by atoms with Crippen LogP contribution < -0.4 is 20.7 Å². The van der Waals surface area contributed by atoms with Gasteiger partial charge in [0.15, 0.2) is 6.61 Å². The highest BCUT2D eigenvalue weighted by Gasteiger charge is 2.16. The number of hydrogen-bond acceptors (Lipinski definition) is 5. The van der Waals surface area contributed by atoms with E-state index in [0.717, 1.165) is 5.69 Å². The minimum Gasteiger partial charge on any atom is -0.482 e. The van der Waals surface area contributed by atoms with E-state index in [1.54, 1.807) is 36.1 Å². The van der Waals surface area contributed by atoms with Crippen molar-refractivity contribution in [2.45, 2.75) is 60.3 Å². The number of rotatable bonds is 13. The summed E-state index contributed by atoms with van der Waals surface area (Å²) in [7, 11) is 0. The third-order valence-electron chi connectivity index (χ3n) is 5.33. The number of amides is 2. The monoisotopic (exact) mass is 502 g/mol. The molecule has 3 N–H and O–H groups in total. The van der Waals surface area contributed by atoms with Crippen LogP contribution in [0.2, 0.25) is 0 Å². The molecule has 1 aromatic carbocycles. The number of nitrogens with zero attached hydrogens (tertiary/aromatic N) is 1. The number of carbonyl (C=O) groups is 2. The molecule has 1 aliphatic heterocycles. The van der Waals surface area contributed by atoms with Gasteiger partial charge in [0.2, 0.25) is 5.91 Å². The number of allylic oxidation sites excluding steroid dienone is 5. The molecule has 2 amide bonds. The summed E-state index contributed by atoms with van der Waals surface area (Å²) in [6, 6.07) is 5.28. The van der Waals surface area contributed by atoms with Gasteiger partial charge in [-0.25, -0.2) is 4.39 Å². The first-order valence-corrected chi connectivity index (χ1v) is 12.9.